The molecule has 1 atom stereocenters. The standard InChI is InChI=1S/C21H21FN6O/c1-14-5-6-16(12-18(14)22)19-25-21(29-26-19)15(2)27-8-10-28(11-9-27)20-17(13-23)4-3-7-24-20/h3-7,12,15H,8-11H2,1-2H3. The second-order valence-corrected chi connectivity index (χ2v) is 7.11. The molecule has 2 aromatic heterocycles. The molecule has 0 bridgehead atoms. The fourth-order valence-electron chi connectivity index (χ4n) is 3.47. The molecule has 29 heavy (non-hydrogen) atoms. The van der Waals surface area contributed by atoms with E-state index in [4.69, 9.17) is 4.52 Å². The molecule has 8 heteroatoms. The minimum absolute atomic E-state index is 0.0622. The van der Waals surface area contributed by atoms with Crippen molar-refractivity contribution >= 4 is 5.82 Å². The predicted octanol–water partition coefficient (Wildman–Crippen LogP) is 3.33. The van der Waals surface area contributed by atoms with Crippen molar-refractivity contribution in [1.29, 1.82) is 5.26 Å². The van der Waals surface area contributed by atoms with Crippen LogP contribution in [-0.2, 0) is 0 Å². The molecule has 1 unspecified atom stereocenters. The van der Waals surface area contributed by atoms with Crippen LogP contribution in [0.2, 0.25) is 0 Å². The zero-order chi connectivity index (χ0) is 20.4. The monoisotopic (exact) mass is 392 g/mol. The second-order valence-electron chi connectivity index (χ2n) is 7.11. The van der Waals surface area contributed by atoms with Gasteiger partial charge in [0.1, 0.15) is 17.7 Å². The molecule has 0 radical (unpaired) electrons. The molecule has 0 N–H and O–H groups in total. The van der Waals surface area contributed by atoms with E-state index in [2.05, 4.69) is 31.0 Å². The minimum atomic E-state index is -0.288. The summed E-state index contributed by atoms with van der Waals surface area (Å²) in [5.74, 6) is 1.33. The summed E-state index contributed by atoms with van der Waals surface area (Å²) in [4.78, 5) is 13.2. The van der Waals surface area contributed by atoms with Gasteiger partial charge in [-0.1, -0.05) is 17.3 Å². The average Bonchev–Trinajstić information content (AvgIpc) is 3.25. The van der Waals surface area contributed by atoms with E-state index in [1.807, 2.05) is 6.92 Å². The molecule has 3 aromatic rings. The quantitative estimate of drug-likeness (QED) is 0.673. The Morgan fingerprint density at radius 2 is 2.00 bits per heavy atom. The highest BCUT2D eigenvalue weighted by molar-refractivity contribution is 5.55. The van der Waals surface area contributed by atoms with Crippen LogP contribution in [-0.4, -0.2) is 46.2 Å². The predicted molar refractivity (Wildman–Crippen MR) is 106 cm³/mol. The van der Waals surface area contributed by atoms with Crippen LogP contribution in [0.1, 0.15) is 30.0 Å². The Bertz CT molecular complexity index is 1050. The lowest BCUT2D eigenvalue weighted by Crippen LogP contribution is -2.47. The number of benzene rings is 1. The summed E-state index contributed by atoms with van der Waals surface area (Å²) >= 11 is 0. The molecule has 0 amide bonds. The van der Waals surface area contributed by atoms with Gasteiger partial charge in [0.15, 0.2) is 0 Å². The number of anilines is 1. The van der Waals surface area contributed by atoms with Gasteiger partial charge in [-0.15, -0.1) is 0 Å². The number of pyridine rings is 1. The number of aromatic nitrogens is 3. The Labute approximate surface area is 168 Å². The summed E-state index contributed by atoms with van der Waals surface area (Å²) in [7, 11) is 0. The van der Waals surface area contributed by atoms with Gasteiger partial charge >= 0.3 is 0 Å². The molecule has 0 saturated carbocycles. The van der Waals surface area contributed by atoms with E-state index in [0.29, 0.717) is 28.4 Å². The summed E-state index contributed by atoms with van der Waals surface area (Å²) < 4.78 is 19.3. The molecular weight excluding hydrogens is 371 g/mol. The van der Waals surface area contributed by atoms with Crippen molar-refractivity contribution in [2.24, 2.45) is 0 Å². The molecule has 1 saturated heterocycles. The Morgan fingerprint density at radius 1 is 1.21 bits per heavy atom. The molecule has 0 aliphatic carbocycles. The molecule has 1 aliphatic rings. The van der Waals surface area contributed by atoms with Crippen LogP contribution in [0.25, 0.3) is 11.4 Å². The Hall–Kier alpha value is -3.31. The van der Waals surface area contributed by atoms with Crippen molar-refractivity contribution in [1.82, 2.24) is 20.0 Å². The molecule has 148 valence electrons. The van der Waals surface area contributed by atoms with Crippen LogP contribution in [0.5, 0.6) is 0 Å². The smallest absolute Gasteiger partial charge is 0.244 e. The Balaban J connectivity index is 1.44. The van der Waals surface area contributed by atoms with Crippen molar-refractivity contribution in [3.63, 3.8) is 0 Å². The highest BCUT2D eigenvalue weighted by Crippen LogP contribution is 2.26. The maximum absolute atomic E-state index is 13.8. The van der Waals surface area contributed by atoms with Crippen LogP contribution in [0.4, 0.5) is 10.2 Å². The van der Waals surface area contributed by atoms with Gasteiger partial charge in [0.2, 0.25) is 11.7 Å². The van der Waals surface area contributed by atoms with Gasteiger partial charge in [-0.3, -0.25) is 4.90 Å². The SMILES string of the molecule is Cc1ccc(-c2noc(C(C)N3CCN(c4ncccc4C#N)CC3)n2)cc1F. The zero-order valence-electron chi connectivity index (χ0n) is 16.3. The summed E-state index contributed by atoms with van der Waals surface area (Å²) in [5, 5.41) is 13.3. The van der Waals surface area contributed by atoms with E-state index < -0.39 is 0 Å². The van der Waals surface area contributed by atoms with Gasteiger partial charge in [0.25, 0.3) is 0 Å². The lowest BCUT2D eigenvalue weighted by atomic mass is 10.1. The maximum Gasteiger partial charge on any atom is 0.244 e. The Kier molecular flexibility index (Phi) is 5.23. The Morgan fingerprint density at radius 3 is 2.72 bits per heavy atom. The number of halogens is 1. The molecule has 1 aliphatic heterocycles. The van der Waals surface area contributed by atoms with E-state index in [9.17, 15) is 9.65 Å². The first kappa shape index (κ1) is 19.0. The van der Waals surface area contributed by atoms with Gasteiger partial charge in [-0.05, 0) is 37.6 Å². The van der Waals surface area contributed by atoms with Crippen LogP contribution in [0.3, 0.4) is 0 Å². The topological polar surface area (TPSA) is 82.1 Å². The minimum Gasteiger partial charge on any atom is -0.353 e. The van der Waals surface area contributed by atoms with Crippen molar-refractivity contribution in [3.05, 3.63) is 59.4 Å². The van der Waals surface area contributed by atoms with Crippen molar-refractivity contribution in [3.8, 4) is 17.5 Å². The lowest BCUT2D eigenvalue weighted by molar-refractivity contribution is 0.164. The highest BCUT2D eigenvalue weighted by Gasteiger charge is 2.27. The fraction of sp³-hybridized carbons (Fsp3) is 0.333. The third-order valence-electron chi connectivity index (χ3n) is 5.30. The number of rotatable bonds is 4. The van der Waals surface area contributed by atoms with E-state index in [1.165, 1.54) is 6.07 Å². The molecule has 4 rings (SSSR count). The van der Waals surface area contributed by atoms with Gasteiger partial charge in [-0.25, -0.2) is 9.37 Å². The largest absolute Gasteiger partial charge is 0.353 e. The van der Waals surface area contributed by atoms with Crippen LogP contribution < -0.4 is 4.90 Å². The van der Waals surface area contributed by atoms with E-state index in [1.54, 1.807) is 37.4 Å². The maximum atomic E-state index is 13.8. The summed E-state index contributed by atoms with van der Waals surface area (Å²) in [6.45, 7) is 6.79. The number of nitriles is 1. The third-order valence-corrected chi connectivity index (χ3v) is 5.30. The van der Waals surface area contributed by atoms with Gasteiger partial charge in [0.05, 0.1) is 11.6 Å². The van der Waals surface area contributed by atoms with Gasteiger partial charge in [-0.2, -0.15) is 10.2 Å². The van der Waals surface area contributed by atoms with E-state index in [-0.39, 0.29) is 11.9 Å². The van der Waals surface area contributed by atoms with Gasteiger partial charge < -0.3 is 9.42 Å². The number of nitrogens with zero attached hydrogens (tertiary/aromatic N) is 6. The molecule has 1 fully saturated rings. The molecule has 3 heterocycles. The number of hydrogen-bond acceptors (Lipinski definition) is 7. The molecule has 1 aromatic carbocycles. The van der Waals surface area contributed by atoms with E-state index >= 15 is 0 Å². The number of piperazine rings is 1. The first-order valence-electron chi connectivity index (χ1n) is 9.51. The summed E-state index contributed by atoms with van der Waals surface area (Å²) in [6, 6.07) is 10.6. The lowest BCUT2D eigenvalue weighted by Gasteiger charge is -2.37. The van der Waals surface area contributed by atoms with E-state index in [0.717, 1.165) is 32.0 Å². The van der Waals surface area contributed by atoms with Gasteiger partial charge in [0, 0.05) is 37.9 Å². The van der Waals surface area contributed by atoms with Crippen LogP contribution in [0.15, 0.2) is 41.1 Å². The second kappa shape index (κ2) is 7.97. The van der Waals surface area contributed by atoms with Crippen molar-refractivity contribution in [2.75, 3.05) is 31.1 Å². The normalized spacial score (nSPS) is 15.9. The number of hydrogen-bond donors (Lipinski definition) is 0. The first-order chi connectivity index (χ1) is 14.1. The molecule has 7 nitrogen and oxygen atoms in total. The summed E-state index contributed by atoms with van der Waals surface area (Å²) in [6.07, 6.45) is 1.71. The number of aryl methyl sites for hydroxylation is 1. The summed E-state index contributed by atoms with van der Waals surface area (Å²) in [5.41, 5.74) is 1.76. The van der Waals surface area contributed by atoms with Crippen LogP contribution >= 0.6 is 0 Å². The van der Waals surface area contributed by atoms with Crippen molar-refractivity contribution in [2.45, 2.75) is 19.9 Å². The highest BCUT2D eigenvalue weighted by atomic mass is 19.1. The first-order valence-corrected chi connectivity index (χ1v) is 9.51. The average molecular weight is 392 g/mol. The van der Waals surface area contributed by atoms with Crippen molar-refractivity contribution < 1.29 is 8.91 Å². The molecule has 0 spiro atoms. The third kappa shape index (κ3) is 3.82. The zero-order valence-corrected chi connectivity index (χ0v) is 16.3. The fourth-order valence-corrected chi connectivity index (χ4v) is 3.47. The molecular formula is C21H21FN6O. The van der Waals surface area contributed by atoms with Crippen LogP contribution in [0, 0.1) is 24.1 Å².